The molecule has 2 aromatic carbocycles. The van der Waals surface area contributed by atoms with E-state index in [4.69, 9.17) is 4.74 Å². The van der Waals surface area contributed by atoms with E-state index in [1.54, 1.807) is 31.4 Å². The Kier molecular flexibility index (Phi) is 7.62. The maximum absolute atomic E-state index is 13.0. The summed E-state index contributed by atoms with van der Waals surface area (Å²) < 4.78 is 5.15. The van der Waals surface area contributed by atoms with E-state index in [9.17, 15) is 14.9 Å². The maximum atomic E-state index is 13.0. The summed E-state index contributed by atoms with van der Waals surface area (Å²) in [5.41, 5.74) is 4.86. The van der Waals surface area contributed by atoms with Gasteiger partial charge < -0.3 is 15.4 Å². The molecule has 6 nitrogen and oxygen atoms in total. The SMILES string of the molecule is COc1ccc(NC(=O)CSC2=C(C#N)[C@H](c3ccc(C(C)C)cc3)C3=C(CCCC3=O)N2)cc1. The molecule has 0 bridgehead atoms. The van der Waals surface area contributed by atoms with Gasteiger partial charge in [-0.2, -0.15) is 5.26 Å². The van der Waals surface area contributed by atoms with E-state index in [1.807, 2.05) is 12.1 Å². The molecule has 1 heterocycles. The van der Waals surface area contributed by atoms with Crippen molar-refractivity contribution in [2.75, 3.05) is 18.2 Å². The number of ketones is 1. The summed E-state index contributed by atoms with van der Waals surface area (Å²) in [5, 5.41) is 17.0. The Balaban J connectivity index is 1.59. The first-order valence-electron chi connectivity index (χ1n) is 11.7. The van der Waals surface area contributed by atoms with Crippen molar-refractivity contribution < 1.29 is 14.3 Å². The molecule has 1 aliphatic carbocycles. The molecule has 0 saturated heterocycles. The van der Waals surface area contributed by atoms with Crippen molar-refractivity contribution >= 4 is 29.1 Å². The van der Waals surface area contributed by atoms with Crippen LogP contribution < -0.4 is 15.4 Å². The van der Waals surface area contributed by atoms with Crippen LogP contribution in [-0.2, 0) is 9.59 Å². The average Bonchev–Trinajstić information content (AvgIpc) is 2.87. The monoisotopic (exact) mass is 487 g/mol. The molecule has 0 fully saturated rings. The summed E-state index contributed by atoms with van der Waals surface area (Å²) in [6, 6.07) is 17.7. The number of hydrogen-bond acceptors (Lipinski definition) is 6. The maximum Gasteiger partial charge on any atom is 0.234 e. The number of carbonyl (C=O) groups excluding carboxylic acids is 2. The van der Waals surface area contributed by atoms with E-state index in [1.165, 1.54) is 17.3 Å². The first kappa shape index (κ1) is 24.6. The van der Waals surface area contributed by atoms with Crippen molar-refractivity contribution in [1.82, 2.24) is 5.32 Å². The van der Waals surface area contributed by atoms with Crippen LogP contribution in [0.1, 0.15) is 56.1 Å². The minimum atomic E-state index is -0.419. The van der Waals surface area contributed by atoms with Gasteiger partial charge in [-0.1, -0.05) is 49.9 Å². The second-order valence-corrected chi connectivity index (χ2v) is 9.95. The quantitative estimate of drug-likeness (QED) is 0.527. The van der Waals surface area contributed by atoms with Crippen LogP contribution in [0.3, 0.4) is 0 Å². The van der Waals surface area contributed by atoms with E-state index in [-0.39, 0.29) is 17.4 Å². The average molecular weight is 488 g/mol. The van der Waals surface area contributed by atoms with Gasteiger partial charge in [0.2, 0.25) is 5.91 Å². The predicted octanol–water partition coefficient (Wildman–Crippen LogP) is 5.62. The molecular weight excluding hydrogens is 458 g/mol. The van der Waals surface area contributed by atoms with Crippen molar-refractivity contribution in [1.29, 1.82) is 5.26 Å². The van der Waals surface area contributed by atoms with Crippen LogP contribution >= 0.6 is 11.8 Å². The van der Waals surface area contributed by atoms with Crippen LogP contribution in [-0.4, -0.2) is 24.6 Å². The lowest BCUT2D eigenvalue weighted by Crippen LogP contribution is -2.31. The van der Waals surface area contributed by atoms with Crippen LogP contribution in [0.2, 0.25) is 0 Å². The minimum absolute atomic E-state index is 0.0886. The largest absolute Gasteiger partial charge is 0.497 e. The number of rotatable bonds is 7. The zero-order valence-electron chi connectivity index (χ0n) is 20.2. The van der Waals surface area contributed by atoms with Crippen LogP contribution in [0.25, 0.3) is 0 Å². The van der Waals surface area contributed by atoms with Gasteiger partial charge in [0, 0.05) is 23.4 Å². The van der Waals surface area contributed by atoms with Gasteiger partial charge in [-0.15, -0.1) is 0 Å². The molecule has 0 saturated carbocycles. The molecule has 2 N–H and O–H groups in total. The molecule has 1 aliphatic heterocycles. The Hall–Kier alpha value is -3.50. The number of Topliss-reactive ketones (excluding diaryl/α,β-unsaturated/α-hetero) is 1. The molecule has 0 radical (unpaired) electrons. The molecule has 7 heteroatoms. The zero-order valence-corrected chi connectivity index (χ0v) is 21.0. The second kappa shape index (κ2) is 10.8. The highest BCUT2D eigenvalue weighted by molar-refractivity contribution is 8.03. The van der Waals surface area contributed by atoms with Crippen LogP contribution in [0.4, 0.5) is 5.69 Å². The number of ether oxygens (including phenoxy) is 1. The van der Waals surface area contributed by atoms with Gasteiger partial charge in [0.05, 0.1) is 35.5 Å². The summed E-state index contributed by atoms with van der Waals surface area (Å²) in [4.78, 5) is 25.6. The molecule has 2 aliphatic rings. The normalized spacial score (nSPS) is 17.6. The number of carbonyl (C=O) groups is 2. The lowest BCUT2D eigenvalue weighted by molar-refractivity contribution is -0.116. The molecule has 35 heavy (non-hydrogen) atoms. The highest BCUT2D eigenvalue weighted by atomic mass is 32.2. The van der Waals surface area contributed by atoms with Crippen LogP contribution in [0, 0.1) is 11.3 Å². The third-order valence-electron chi connectivity index (χ3n) is 6.32. The number of nitrogens with one attached hydrogen (secondary N) is 2. The van der Waals surface area contributed by atoms with E-state index < -0.39 is 5.92 Å². The van der Waals surface area contributed by atoms with Gasteiger partial charge in [0.15, 0.2) is 5.78 Å². The lowest BCUT2D eigenvalue weighted by Gasteiger charge is -2.33. The third-order valence-corrected chi connectivity index (χ3v) is 7.34. The number of nitriles is 1. The molecule has 0 aromatic heterocycles. The molecule has 0 unspecified atom stereocenters. The van der Waals surface area contributed by atoms with Crippen molar-refractivity contribution in [3.05, 3.63) is 81.5 Å². The standard InChI is InChI=1S/C28H29N3O3S/c1-17(2)18-7-9-19(10-8-18)26-22(15-29)28(31-23-5-4-6-24(32)27(23)26)35-16-25(33)30-20-11-13-21(34-3)14-12-20/h7-14,17,26,31H,4-6,16H2,1-3H3,(H,30,33)/t26-/m0/s1. The number of dihydropyridines is 1. The topological polar surface area (TPSA) is 91.2 Å². The molecule has 1 atom stereocenters. The van der Waals surface area contributed by atoms with Gasteiger partial charge in [-0.3, -0.25) is 9.59 Å². The second-order valence-electron chi connectivity index (χ2n) is 8.97. The number of nitrogens with zero attached hydrogens (tertiary/aromatic N) is 1. The fourth-order valence-electron chi connectivity index (χ4n) is 4.45. The van der Waals surface area contributed by atoms with Crippen molar-refractivity contribution in [2.45, 2.75) is 44.9 Å². The molecule has 0 spiro atoms. The van der Waals surface area contributed by atoms with E-state index in [2.05, 4.69) is 42.7 Å². The highest BCUT2D eigenvalue weighted by Gasteiger charge is 2.37. The Labute approximate surface area is 210 Å². The lowest BCUT2D eigenvalue weighted by atomic mass is 9.76. The van der Waals surface area contributed by atoms with Crippen molar-refractivity contribution in [3.63, 3.8) is 0 Å². The third kappa shape index (κ3) is 5.44. The van der Waals surface area contributed by atoms with E-state index in [0.717, 1.165) is 24.1 Å². The number of methoxy groups -OCH3 is 1. The predicted molar refractivity (Wildman–Crippen MR) is 139 cm³/mol. The highest BCUT2D eigenvalue weighted by Crippen LogP contribution is 2.44. The van der Waals surface area contributed by atoms with Gasteiger partial charge in [-0.05, 0) is 54.2 Å². The summed E-state index contributed by atoms with van der Waals surface area (Å²) >= 11 is 1.29. The van der Waals surface area contributed by atoms with E-state index in [0.29, 0.717) is 40.0 Å². The molecule has 2 aromatic rings. The summed E-state index contributed by atoms with van der Waals surface area (Å²) in [7, 11) is 1.59. The molecule has 180 valence electrons. The smallest absolute Gasteiger partial charge is 0.234 e. The number of benzene rings is 2. The summed E-state index contributed by atoms with van der Waals surface area (Å²) in [6.07, 6.45) is 2.02. The minimum Gasteiger partial charge on any atom is -0.497 e. The number of anilines is 1. The van der Waals surface area contributed by atoms with E-state index >= 15 is 0 Å². The Morgan fingerprint density at radius 3 is 2.51 bits per heavy atom. The number of hydrogen-bond donors (Lipinski definition) is 2. The number of amides is 1. The van der Waals surface area contributed by atoms with Crippen molar-refractivity contribution in [3.8, 4) is 11.8 Å². The Morgan fingerprint density at radius 1 is 1.17 bits per heavy atom. The fraction of sp³-hybridized carbons (Fsp3) is 0.321. The van der Waals surface area contributed by atoms with Crippen molar-refractivity contribution in [2.24, 2.45) is 0 Å². The number of thioether (sulfide) groups is 1. The molecular formula is C28H29N3O3S. The summed E-state index contributed by atoms with van der Waals surface area (Å²) in [6.45, 7) is 4.27. The number of allylic oxidation sites excluding steroid dienone is 3. The van der Waals surface area contributed by atoms with Gasteiger partial charge in [-0.25, -0.2) is 0 Å². The van der Waals surface area contributed by atoms with Crippen LogP contribution in [0.15, 0.2) is 70.4 Å². The molecule has 4 rings (SSSR count). The van der Waals surface area contributed by atoms with Gasteiger partial charge in [0.1, 0.15) is 5.75 Å². The summed E-state index contributed by atoms with van der Waals surface area (Å²) in [5.74, 6) is 0.734. The first-order chi connectivity index (χ1) is 16.9. The fourth-order valence-corrected chi connectivity index (χ4v) is 5.32. The van der Waals surface area contributed by atoms with Crippen LogP contribution in [0.5, 0.6) is 5.75 Å². The molecule has 1 amide bonds. The zero-order chi connectivity index (χ0) is 24.9. The Morgan fingerprint density at radius 2 is 1.89 bits per heavy atom. The Bertz CT molecular complexity index is 1220. The van der Waals surface area contributed by atoms with Gasteiger partial charge in [0.25, 0.3) is 0 Å². The van der Waals surface area contributed by atoms with Gasteiger partial charge >= 0.3 is 0 Å². The first-order valence-corrected chi connectivity index (χ1v) is 12.7.